The van der Waals surface area contributed by atoms with Gasteiger partial charge in [0.25, 0.3) is 11.8 Å². The zero-order chi connectivity index (χ0) is 33.8. The van der Waals surface area contributed by atoms with Crippen LogP contribution in [-0.2, 0) is 31.8 Å². The fraction of sp³-hybridized carbons (Fsp3) is 0.421. The van der Waals surface area contributed by atoms with Crippen molar-refractivity contribution in [3.8, 4) is 0 Å². The molecule has 0 spiro atoms. The van der Waals surface area contributed by atoms with Gasteiger partial charge < -0.3 is 29.2 Å². The number of carbonyl (C=O) groups is 2. The van der Waals surface area contributed by atoms with Crippen LogP contribution in [-0.4, -0.2) is 63.8 Å². The molecule has 252 valence electrons. The third-order valence-corrected chi connectivity index (χ3v) is 11.6. The van der Waals surface area contributed by atoms with Gasteiger partial charge in [-0.2, -0.15) is 0 Å². The molecule has 11 heteroatoms. The summed E-state index contributed by atoms with van der Waals surface area (Å²) >= 11 is 0. The first-order valence-electron chi connectivity index (χ1n) is 17.3. The summed E-state index contributed by atoms with van der Waals surface area (Å²) < 4.78 is 15.4. The lowest BCUT2D eigenvalue weighted by molar-refractivity contribution is -0.199. The maximum absolute atomic E-state index is 14.6. The van der Waals surface area contributed by atoms with E-state index in [4.69, 9.17) is 14.1 Å². The average molecular weight is 660 g/mol. The highest BCUT2D eigenvalue weighted by Crippen LogP contribution is 2.65. The van der Waals surface area contributed by atoms with E-state index in [1.807, 2.05) is 54.7 Å². The van der Waals surface area contributed by atoms with Gasteiger partial charge in [-0.25, -0.2) is 4.98 Å². The summed E-state index contributed by atoms with van der Waals surface area (Å²) in [5.41, 5.74) is 2.07. The quantitative estimate of drug-likeness (QED) is 0.236. The number of pyridine rings is 1. The van der Waals surface area contributed by atoms with Gasteiger partial charge in [0.15, 0.2) is 0 Å². The third-order valence-electron chi connectivity index (χ3n) is 11.6. The van der Waals surface area contributed by atoms with Gasteiger partial charge in [-0.1, -0.05) is 79.7 Å². The summed E-state index contributed by atoms with van der Waals surface area (Å²) in [5.74, 6) is -0.0195. The van der Waals surface area contributed by atoms with E-state index >= 15 is 0 Å². The van der Waals surface area contributed by atoms with Crippen LogP contribution < -0.4 is 10.6 Å². The van der Waals surface area contributed by atoms with E-state index < -0.39 is 24.3 Å². The van der Waals surface area contributed by atoms with Crippen LogP contribution in [0.2, 0.25) is 0 Å². The standard InChI is InChI=1S/C38H42BN5O5/c1-36(2)27-20-30(36)37(3)31(21-27)47-39(48-37)32(19-25-11-6-4-7-12-25)42-35(46)38(22-26-13-8-5-9-14-26)23-28(43-49-38)24-41-34(45)29-15-10-17-44-18-16-40-33(29)44/h4-18,27,30-32H,19-24H2,1-3H3,(H,41,45)(H,42,46)/t27-,30-,31+,32-,37-,38?/m0/s1. The van der Waals surface area contributed by atoms with Gasteiger partial charge in [-0.3, -0.25) is 9.59 Å². The normalized spacial score (nSPS) is 28.6. The van der Waals surface area contributed by atoms with E-state index in [1.165, 1.54) is 0 Å². The number of hydrogen-bond donors (Lipinski definition) is 2. The Balaban J connectivity index is 1.02. The van der Waals surface area contributed by atoms with Crippen LogP contribution in [0.25, 0.3) is 5.65 Å². The average Bonchev–Trinajstić information content (AvgIpc) is 3.84. The minimum Gasteiger partial charge on any atom is -0.404 e. The molecule has 49 heavy (non-hydrogen) atoms. The van der Waals surface area contributed by atoms with Gasteiger partial charge in [-0.15, -0.1) is 0 Å². The monoisotopic (exact) mass is 659 g/mol. The predicted molar refractivity (Wildman–Crippen MR) is 186 cm³/mol. The Morgan fingerprint density at radius 1 is 0.980 bits per heavy atom. The maximum atomic E-state index is 14.6. The van der Waals surface area contributed by atoms with Gasteiger partial charge in [-0.05, 0) is 66.7 Å². The number of carbonyl (C=O) groups excluding carboxylic acids is 2. The van der Waals surface area contributed by atoms with Crippen molar-refractivity contribution in [2.24, 2.45) is 22.4 Å². The molecule has 6 atom stereocenters. The van der Waals surface area contributed by atoms with Gasteiger partial charge >= 0.3 is 7.12 Å². The summed E-state index contributed by atoms with van der Waals surface area (Å²) in [6, 6.07) is 23.4. The smallest absolute Gasteiger partial charge is 0.404 e. The summed E-state index contributed by atoms with van der Waals surface area (Å²) in [5, 5.41) is 10.7. The third kappa shape index (κ3) is 5.62. The summed E-state index contributed by atoms with van der Waals surface area (Å²) in [6.45, 7) is 7.01. The van der Waals surface area contributed by atoms with Gasteiger partial charge in [0.2, 0.25) is 5.60 Å². The zero-order valence-electron chi connectivity index (χ0n) is 28.2. The van der Waals surface area contributed by atoms with Crippen molar-refractivity contribution in [3.63, 3.8) is 0 Å². The van der Waals surface area contributed by atoms with Crippen molar-refractivity contribution < 1.29 is 23.7 Å². The van der Waals surface area contributed by atoms with Crippen LogP contribution in [0.4, 0.5) is 0 Å². The Morgan fingerprint density at radius 3 is 2.49 bits per heavy atom. The molecular weight excluding hydrogens is 617 g/mol. The molecule has 4 aromatic rings. The Labute approximate surface area is 286 Å². The van der Waals surface area contributed by atoms with Gasteiger partial charge in [0.1, 0.15) is 5.65 Å². The number of benzene rings is 2. The highest BCUT2D eigenvalue weighted by Gasteiger charge is 2.68. The first-order chi connectivity index (χ1) is 23.6. The van der Waals surface area contributed by atoms with Crippen LogP contribution in [0, 0.1) is 17.3 Å². The lowest BCUT2D eigenvalue weighted by Crippen LogP contribution is -2.65. The molecule has 2 aromatic carbocycles. The van der Waals surface area contributed by atoms with E-state index in [-0.39, 0.29) is 36.3 Å². The minimum atomic E-state index is -1.32. The number of amides is 2. The lowest BCUT2D eigenvalue weighted by atomic mass is 9.43. The second-order valence-electron chi connectivity index (χ2n) is 15.0. The van der Waals surface area contributed by atoms with Crippen molar-refractivity contribution in [2.45, 2.75) is 76.1 Å². The highest BCUT2D eigenvalue weighted by molar-refractivity contribution is 6.48. The zero-order valence-corrected chi connectivity index (χ0v) is 28.2. The SMILES string of the molecule is CC1(C)[C@@H]2C[C@H]3OB([C@H](Cc4ccccc4)NC(=O)C4(Cc5ccccc5)CC(CNC(=O)c5cccn6ccnc56)=NO4)O[C@@]3(C)[C@H]1C2. The van der Waals surface area contributed by atoms with E-state index in [2.05, 4.69) is 53.7 Å². The van der Waals surface area contributed by atoms with Crippen molar-refractivity contribution in [2.75, 3.05) is 6.54 Å². The molecule has 3 aliphatic carbocycles. The molecule has 1 unspecified atom stereocenters. The lowest BCUT2D eigenvalue weighted by Gasteiger charge is -2.64. The Kier molecular flexibility index (Phi) is 7.87. The minimum absolute atomic E-state index is 0.0168. The van der Waals surface area contributed by atoms with Gasteiger partial charge in [0.05, 0.1) is 35.5 Å². The Morgan fingerprint density at radius 2 is 1.73 bits per heavy atom. The Bertz CT molecular complexity index is 1900. The number of nitrogens with zero attached hydrogens (tertiary/aromatic N) is 3. The molecule has 9 rings (SSSR count). The molecule has 2 bridgehead atoms. The van der Waals surface area contributed by atoms with E-state index in [9.17, 15) is 9.59 Å². The predicted octanol–water partition coefficient (Wildman–Crippen LogP) is 4.82. The molecule has 1 saturated heterocycles. The summed E-state index contributed by atoms with van der Waals surface area (Å²) in [6.07, 6.45) is 8.42. The first-order valence-corrected chi connectivity index (χ1v) is 17.3. The molecule has 5 aliphatic rings. The van der Waals surface area contributed by atoms with Crippen LogP contribution >= 0.6 is 0 Å². The number of rotatable bonds is 10. The fourth-order valence-corrected chi connectivity index (χ4v) is 8.72. The van der Waals surface area contributed by atoms with E-state index in [1.54, 1.807) is 28.9 Å². The van der Waals surface area contributed by atoms with E-state index in [0.29, 0.717) is 41.6 Å². The van der Waals surface area contributed by atoms with Crippen molar-refractivity contribution in [1.29, 1.82) is 0 Å². The van der Waals surface area contributed by atoms with Crippen LogP contribution in [0.15, 0.2) is 96.5 Å². The van der Waals surface area contributed by atoms with Crippen LogP contribution in [0.5, 0.6) is 0 Å². The topological polar surface area (TPSA) is 116 Å². The number of imidazole rings is 1. The summed E-state index contributed by atoms with van der Waals surface area (Å²) in [4.78, 5) is 38.2. The molecular formula is C38H42BN5O5. The largest absolute Gasteiger partial charge is 0.482 e. The number of aromatic nitrogens is 2. The molecule has 3 saturated carbocycles. The second kappa shape index (κ2) is 12.1. The molecule has 2 aliphatic heterocycles. The Hall–Kier alpha value is -4.48. The van der Waals surface area contributed by atoms with E-state index in [0.717, 1.165) is 24.0 Å². The molecule has 2 amide bonds. The number of nitrogens with one attached hydrogen (secondary N) is 2. The number of hydrogen-bond acceptors (Lipinski definition) is 7. The maximum Gasteiger partial charge on any atom is 0.482 e. The molecule has 2 N–H and O–H groups in total. The highest BCUT2D eigenvalue weighted by atomic mass is 16.7. The van der Waals surface area contributed by atoms with Crippen LogP contribution in [0.1, 0.15) is 61.5 Å². The molecule has 4 fully saturated rings. The second-order valence-corrected chi connectivity index (χ2v) is 15.0. The number of oxime groups is 1. The van der Waals surface area contributed by atoms with Crippen molar-refractivity contribution >= 4 is 30.3 Å². The van der Waals surface area contributed by atoms with Crippen LogP contribution in [0.3, 0.4) is 0 Å². The van der Waals surface area contributed by atoms with Crippen molar-refractivity contribution in [1.82, 2.24) is 20.0 Å². The van der Waals surface area contributed by atoms with Crippen molar-refractivity contribution in [3.05, 3.63) is 108 Å². The molecule has 0 radical (unpaired) electrons. The molecule has 4 heterocycles. The molecule has 2 aromatic heterocycles. The number of fused-ring (bicyclic) bond motifs is 1. The van der Waals surface area contributed by atoms with Gasteiger partial charge in [0, 0.05) is 31.4 Å². The fourth-order valence-electron chi connectivity index (χ4n) is 8.72. The summed E-state index contributed by atoms with van der Waals surface area (Å²) in [7, 11) is -0.616. The first kappa shape index (κ1) is 31.8. The molecule has 10 nitrogen and oxygen atoms in total.